The molecule has 0 aliphatic carbocycles. The summed E-state index contributed by atoms with van der Waals surface area (Å²) in [6.07, 6.45) is -0.0602. The van der Waals surface area contributed by atoms with E-state index in [4.69, 9.17) is 15.9 Å². The van der Waals surface area contributed by atoms with Crippen LogP contribution in [-0.2, 0) is 11.2 Å². The van der Waals surface area contributed by atoms with Gasteiger partial charge in [-0.1, -0.05) is 0 Å². The molecular weight excluding hydrogens is 198 g/mol. The summed E-state index contributed by atoms with van der Waals surface area (Å²) in [5.74, 6) is -0.459. The minimum atomic E-state index is -0.646. The minimum Gasteiger partial charge on any atom is -0.445 e. The van der Waals surface area contributed by atoms with Gasteiger partial charge in [0.25, 0.3) is 5.91 Å². The molecule has 2 amide bonds. The van der Waals surface area contributed by atoms with E-state index in [9.17, 15) is 9.59 Å². The summed E-state index contributed by atoms with van der Waals surface area (Å²) in [7, 11) is 1.60. The molecule has 0 aliphatic heterocycles. The molecule has 6 nitrogen and oxygen atoms in total. The lowest BCUT2D eigenvalue weighted by Gasteiger charge is -1.99. The number of hydrogen-bond acceptors (Lipinski definition) is 4. The van der Waals surface area contributed by atoms with Crippen molar-refractivity contribution in [3.05, 3.63) is 16.9 Å². The van der Waals surface area contributed by atoms with Crippen LogP contribution in [0.25, 0.3) is 0 Å². The van der Waals surface area contributed by atoms with E-state index in [-0.39, 0.29) is 17.9 Å². The number of hydrogen-bond donors (Lipinski definition) is 3. The van der Waals surface area contributed by atoms with Crippen LogP contribution in [0.2, 0.25) is 0 Å². The molecular formula is C9H13N3O3. The van der Waals surface area contributed by atoms with Gasteiger partial charge in [0, 0.05) is 12.6 Å². The maximum Gasteiger partial charge on any atom is 0.254 e. The SMILES string of the molecule is CNc1oc(C)c(CC(N)=O)c1C(N)=O. The topological polar surface area (TPSA) is 111 Å². The van der Waals surface area contributed by atoms with Crippen LogP contribution in [0.3, 0.4) is 0 Å². The summed E-state index contributed by atoms with van der Waals surface area (Å²) >= 11 is 0. The molecule has 0 fully saturated rings. The van der Waals surface area contributed by atoms with Gasteiger partial charge in [-0.25, -0.2) is 0 Å². The number of carbonyl (C=O) groups is 2. The van der Waals surface area contributed by atoms with Gasteiger partial charge < -0.3 is 21.2 Å². The van der Waals surface area contributed by atoms with Crippen molar-refractivity contribution in [3.8, 4) is 0 Å². The number of primary amides is 2. The summed E-state index contributed by atoms with van der Waals surface area (Å²) in [6.45, 7) is 1.64. The molecule has 5 N–H and O–H groups in total. The van der Waals surface area contributed by atoms with Gasteiger partial charge in [-0.05, 0) is 6.92 Å². The average Bonchev–Trinajstić information content (AvgIpc) is 2.42. The smallest absolute Gasteiger partial charge is 0.254 e. The lowest BCUT2D eigenvalue weighted by molar-refractivity contribution is -0.117. The van der Waals surface area contributed by atoms with E-state index in [1.54, 1.807) is 14.0 Å². The first kappa shape index (κ1) is 11.1. The molecule has 1 aromatic heterocycles. The Morgan fingerprint density at radius 2 is 2.00 bits per heavy atom. The number of anilines is 1. The summed E-state index contributed by atoms with van der Waals surface area (Å²) in [5, 5.41) is 2.69. The van der Waals surface area contributed by atoms with Crippen molar-refractivity contribution < 1.29 is 14.0 Å². The van der Waals surface area contributed by atoms with Crippen molar-refractivity contribution in [3.63, 3.8) is 0 Å². The molecule has 0 spiro atoms. The van der Waals surface area contributed by atoms with Crippen molar-refractivity contribution in [1.29, 1.82) is 0 Å². The van der Waals surface area contributed by atoms with Crippen molar-refractivity contribution in [2.24, 2.45) is 11.5 Å². The van der Waals surface area contributed by atoms with E-state index in [0.29, 0.717) is 11.3 Å². The summed E-state index contributed by atoms with van der Waals surface area (Å²) < 4.78 is 5.24. The van der Waals surface area contributed by atoms with Crippen molar-refractivity contribution in [2.45, 2.75) is 13.3 Å². The third-order valence-corrected chi connectivity index (χ3v) is 2.03. The molecule has 0 saturated carbocycles. The number of amides is 2. The van der Waals surface area contributed by atoms with Crippen LogP contribution in [0.4, 0.5) is 5.88 Å². The van der Waals surface area contributed by atoms with Crippen LogP contribution >= 0.6 is 0 Å². The first-order chi connectivity index (χ1) is 6.97. The number of nitrogens with two attached hydrogens (primary N) is 2. The molecule has 6 heteroatoms. The molecule has 1 rings (SSSR count). The van der Waals surface area contributed by atoms with E-state index in [1.165, 1.54) is 0 Å². The lowest BCUT2D eigenvalue weighted by Crippen LogP contribution is -2.19. The molecule has 0 bridgehead atoms. The Hall–Kier alpha value is -1.98. The molecule has 15 heavy (non-hydrogen) atoms. The Morgan fingerprint density at radius 1 is 1.40 bits per heavy atom. The van der Waals surface area contributed by atoms with Gasteiger partial charge in [0.15, 0.2) is 0 Å². The number of aryl methyl sites for hydroxylation is 1. The van der Waals surface area contributed by atoms with Crippen LogP contribution in [-0.4, -0.2) is 18.9 Å². The van der Waals surface area contributed by atoms with Crippen LogP contribution in [0.15, 0.2) is 4.42 Å². The molecule has 0 radical (unpaired) electrons. The van der Waals surface area contributed by atoms with Gasteiger partial charge in [0.2, 0.25) is 11.8 Å². The highest BCUT2D eigenvalue weighted by molar-refractivity contribution is 6.00. The van der Waals surface area contributed by atoms with Gasteiger partial charge in [0.05, 0.1) is 6.42 Å². The zero-order chi connectivity index (χ0) is 11.6. The standard InChI is InChI=1S/C9H13N3O3/c1-4-5(3-6(10)13)7(8(11)14)9(12-2)15-4/h12H,3H2,1-2H3,(H2,10,13)(H2,11,14). The Labute approximate surface area is 86.6 Å². The van der Waals surface area contributed by atoms with Crippen LogP contribution in [0.1, 0.15) is 21.7 Å². The second-order valence-corrected chi connectivity index (χ2v) is 3.10. The van der Waals surface area contributed by atoms with Crippen LogP contribution < -0.4 is 16.8 Å². The summed E-state index contributed by atoms with van der Waals surface area (Å²) in [4.78, 5) is 22.0. The molecule has 1 heterocycles. The highest BCUT2D eigenvalue weighted by Crippen LogP contribution is 2.26. The highest BCUT2D eigenvalue weighted by Gasteiger charge is 2.22. The number of furan rings is 1. The first-order valence-electron chi connectivity index (χ1n) is 4.35. The van der Waals surface area contributed by atoms with E-state index in [1.807, 2.05) is 0 Å². The van der Waals surface area contributed by atoms with E-state index in [0.717, 1.165) is 0 Å². The predicted octanol–water partition coefficient (Wildman–Crippen LogP) is -0.244. The van der Waals surface area contributed by atoms with Crippen LogP contribution in [0.5, 0.6) is 0 Å². The molecule has 0 unspecified atom stereocenters. The second-order valence-electron chi connectivity index (χ2n) is 3.10. The molecule has 0 atom stereocenters. The van der Waals surface area contributed by atoms with Crippen molar-refractivity contribution >= 4 is 17.7 Å². The first-order valence-corrected chi connectivity index (χ1v) is 4.35. The maximum atomic E-state index is 11.2. The predicted molar refractivity (Wildman–Crippen MR) is 54.4 cm³/mol. The largest absolute Gasteiger partial charge is 0.445 e. The van der Waals surface area contributed by atoms with Gasteiger partial charge >= 0.3 is 0 Å². The third-order valence-electron chi connectivity index (χ3n) is 2.03. The number of rotatable bonds is 4. The van der Waals surface area contributed by atoms with Crippen LogP contribution in [0, 0.1) is 6.92 Å². The molecule has 0 aliphatic rings. The maximum absolute atomic E-state index is 11.2. The van der Waals surface area contributed by atoms with Crippen molar-refractivity contribution in [2.75, 3.05) is 12.4 Å². The zero-order valence-corrected chi connectivity index (χ0v) is 8.59. The van der Waals surface area contributed by atoms with E-state index < -0.39 is 11.8 Å². The lowest BCUT2D eigenvalue weighted by atomic mass is 10.1. The average molecular weight is 211 g/mol. The molecule has 1 aromatic rings. The van der Waals surface area contributed by atoms with E-state index in [2.05, 4.69) is 5.32 Å². The zero-order valence-electron chi connectivity index (χ0n) is 8.59. The molecule has 0 saturated heterocycles. The Kier molecular flexibility index (Phi) is 2.99. The fourth-order valence-corrected chi connectivity index (χ4v) is 1.40. The van der Waals surface area contributed by atoms with Gasteiger partial charge in [0.1, 0.15) is 11.3 Å². The second kappa shape index (κ2) is 4.04. The number of nitrogens with one attached hydrogen (secondary N) is 1. The summed E-state index contributed by atoms with van der Waals surface area (Å²) in [5.41, 5.74) is 10.9. The highest BCUT2D eigenvalue weighted by atomic mass is 16.4. The fraction of sp³-hybridized carbons (Fsp3) is 0.333. The van der Waals surface area contributed by atoms with Gasteiger partial charge in [-0.2, -0.15) is 0 Å². The normalized spacial score (nSPS) is 10.0. The summed E-state index contributed by atoms with van der Waals surface area (Å²) in [6, 6.07) is 0. The van der Waals surface area contributed by atoms with Gasteiger partial charge in [-0.15, -0.1) is 0 Å². The Balaban J connectivity index is 3.28. The Morgan fingerprint density at radius 3 is 2.40 bits per heavy atom. The third kappa shape index (κ3) is 2.09. The van der Waals surface area contributed by atoms with E-state index >= 15 is 0 Å². The van der Waals surface area contributed by atoms with Crippen molar-refractivity contribution in [1.82, 2.24) is 0 Å². The molecule has 0 aromatic carbocycles. The quantitative estimate of drug-likeness (QED) is 0.637. The fourth-order valence-electron chi connectivity index (χ4n) is 1.40. The molecule has 82 valence electrons. The number of carbonyl (C=O) groups excluding carboxylic acids is 2. The minimum absolute atomic E-state index is 0.0602. The monoisotopic (exact) mass is 211 g/mol. The van der Waals surface area contributed by atoms with Gasteiger partial charge in [-0.3, -0.25) is 9.59 Å². The Bertz CT molecular complexity index is 409.